The predicted molar refractivity (Wildman–Crippen MR) is 138 cm³/mol. The van der Waals surface area contributed by atoms with Crippen molar-refractivity contribution in [3.63, 3.8) is 0 Å². The number of ether oxygens (including phenoxy) is 2. The Balaban J connectivity index is 1.28. The summed E-state index contributed by atoms with van der Waals surface area (Å²) in [6, 6.07) is 19.3. The van der Waals surface area contributed by atoms with Crippen LogP contribution in [0.25, 0.3) is 0 Å². The predicted octanol–water partition coefficient (Wildman–Crippen LogP) is 4.87. The third-order valence-electron chi connectivity index (χ3n) is 6.33. The Labute approximate surface area is 210 Å². The molecule has 2 aliphatic heterocycles. The van der Waals surface area contributed by atoms with Gasteiger partial charge in [0.1, 0.15) is 5.75 Å². The molecule has 3 aromatic carbocycles. The summed E-state index contributed by atoms with van der Waals surface area (Å²) in [5, 5.41) is 14.0. The van der Waals surface area contributed by atoms with Crippen LogP contribution in [0.4, 0.5) is 5.69 Å². The van der Waals surface area contributed by atoms with Crippen LogP contribution in [-0.2, 0) is 13.1 Å². The van der Waals surface area contributed by atoms with E-state index >= 15 is 0 Å². The molecule has 5 rings (SSSR count). The summed E-state index contributed by atoms with van der Waals surface area (Å²) in [6.07, 6.45) is 0. The lowest BCUT2D eigenvalue weighted by molar-refractivity contribution is 0.172. The number of aryl methyl sites for hydroxylation is 1. The lowest BCUT2D eigenvalue weighted by atomic mass is 10.1. The zero-order valence-electron chi connectivity index (χ0n) is 19.7. The number of hydrogen-bond donors (Lipinski definition) is 2. The van der Waals surface area contributed by atoms with E-state index in [0.717, 1.165) is 67.0 Å². The minimum absolute atomic E-state index is 0.250. The minimum atomic E-state index is 0.250. The number of phenols is 1. The molecule has 1 saturated heterocycles. The molecule has 7 nitrogen and oxygen atoms in total. The van der Waals surface area contributed by atoms with Gasteiger partial charge in [0.05, 0.1) is 6.54 Å². The standard InChI is InChI=1S/C27H29ClN4O3/c1-19-14-22(33)7-8-24(19)30-27(29-16-21-4-2-3-5-23(21)28)32-12-10-31(11-13-32)17-20-6-9-25-26(15-20)35-18-34-25/h2-9,14-15,33H,10-13,16-18H2,1H3,(H,29,30). The van der Waals surface area contributed by atoms with Gasteiger partial charge in [-0.15, -0.1) is 0 Å². The molecular formula is C27H29ClN4O3. The van der Waals surface area contributed by atoms with E-state index in [0.29, 0.717) is 18.4 Å². The van der Waals surface area contributed by atoms with Crippen LogP contribution >= 0.6 is 11.6 Å². The van der Waals surface area contributed by atoms with Crippen LogP contribution in [0.15, 0.2) is 65.7 Å². The number of guanidine groups is 1. The molecule has 0 atom stereocenters. The van der Waals surface area contributed by atoms with Crippen molar-refractivity contribution in [2.75, 3.05) is 38.3 Å². The van der Waals surface area contributed by atoms with E-state index in [1.54, 1.807) is 12.1 Å². The summed E-state index contributed by atoms with van der Waals surface area (Å²) in [6.45, 7) is 7.12. The van der Waals surface area contributed by atoms with E-state index in [4.69, 9.17) is 26.1 Å². The molecule has 2 heterocycles. The number of rotatable bonds is 5. The molecule has 35 heavy (non-hydrogen) atoms. The molecule has 0 aromatic heterocycles. The van der Waals surface area contributed by atoms with Crippen LogP contribution in [0.1, 0.15) is 16.7 Å². The first-order valence-corrected chi connectivity index (χ1v) is 12.1. The summed E-state index contributed by atoms with van der Waals surface area (Å²) >= 11 is 6.37. The van der Waals surface area contributed by atoms with Crippen molar-refractivity contribution in [2.24, 2.45) is 4.99 Å². The fourth-order valence-electron chi connectivity index (χ4n) is 4.33. The maximum absolute atomic E-state index is 9.80. The summed E-state index contributed by atoms with van der Waals surface area (Å²) in [7, 11) is 0. The molecule has 0 bridgehead atoms. The van der Waals surface area contributed by atoms with Gasteiger partial charge in [-0.3, -0.25) is 4.90 Å². The second-order valence-electron chi connectivity index (χ2n) is 8.81. The molecule has 0 saturated carbocycles. The monoisotopic (exact) mass is 492 g/mol. The second kappa shape index (κ2) is 10.5. The summed E-state index contributed by atoms with van der Waals surface area (Å²) < 4.78 is 10.9. The lowest BCUT2D eigenvalue weighted by Gasteiger charge is -2.36. The number of aromatic hydroxyl groups is 1. The molecular weight excluding hydrogens is 464 g/mol. The highest BCUT2D eigenvalue weighted by Gasteiger charge is 2.22. The van der Waals surface area contributed by atoms with Crippen LogP contribution in [0.3, 0.4) is 0 Å². The van der Waals surface area contributed by atoms with E-state index in [1.165, 1.54) is 5.56 Å². The van der Waals surface area contributed by atoms with E-state index in [-0.39, 0.29) is 5.75 Å². The minimum Gasteiger partial charge on any atom is -0.508 e. The SMILES string of the molecule is Cc1cc(O)ccc1NC(=NCc1ccccc1Cl)N1CCN(Cc2ccc3c(c2)OCO3)CC1. The number of benzene rings is 3. The van der Waals surface area contributed by atoms with Crippen LogP contribution in [0, 0.1) is 6.92 Å². The van der Waals surface area contributed by atoms with Crippen molar-refractivity contribution in [1.82, 2.24) is 9.80 Å². The van der Waals surface area contributed by atoms with Crippen molar-refractivity contribution in [3.05, 3.63) is 82.4 Å². The Kier molecular flexibility index (Phi) is 6.97. The van der Waals surface area contributed by atoms with Gasteiger partial charge < -0.3 is 24.8 Å². The first-order chi connectivity index (χ1) is 17.0. The number of halogens is 1. The summed E-state index contributed by atoms with van der Waals surface area (Å²) in [4.78, 5) is 9.63. The van der Waals surface area contributed by atoms with Crippen molar-refractivity contribution in [1.29, 1.82) is 0 Å². The van der Waals surface area contributed by atoms with Gasteiger partial charge in [0.15, 0.2) is 17.5 Å². The Morgan fingerprint density at radius 1 is 1.00 bits per heavy atom. The number of phenolic OH excluding ortho intramolecular Hbond substituents is 1. The zero-order chi connectivity index (χ0) is 24.2. The highest BCUT2D eigenvalue weighted by atomic mass is 35.5. The molecule has 182 valence electrons. The van der Waals surface area contributed by atoms with Gasteiger partial charge in [-0.2, -0.15) is 0 Å². The molecule has 0 unspecified atom stereocenters. The third kappa shape index (κ3) is 5.63. The maximum Gasteiger partial charge on any atom is 0.231 e. The fourth-order valence-corrected chi connectivity index (χ4v) is 4.52. The largest absolute Gasteiger partial charge is 0.508 e. The molecule has 0 spiro atoms. The van der Waals surface area contributed by atoms with Gasteiger partial charge in [0, 0.05) is 43.4 Å². The van der Waals surface area contributed by atoms with Crippen LogP contribution in [-0.4, -0.2) is 53.8 Å². The van der Waals surface area contributed by atoms with E-state index in [9.17, 15) is 5.11 Å². The van der Waals surface area contributed by atoms with E-state index in [2.05, 4.69) is 27.2 Å². The van der Waals surface area contributed by atoms with Crippen molar-refractivity contribution in [3.8, 4) is 17.2 Å². The number of nitrogens with one attached hydrogen (secondary N) is 1. The molecule has 2 N–H and O–H groups in total. The highest BCUT2D eigenvalue weighted by molar-refractivity contribution is 6.31. The topological polar surface area (TPSA) is 69.6 Å². The molecule has 3 aromatic rings. The van der Waals surface area contributed by atoms with Gasteiger partial charge in [0.25, 0.3) is 0 Å². The van der Waals surface area contributed by atoms with E-state index in [1.807, 2.05) is 43.3 Å². The van der Waals surface area contributed by atoms with Crippen LogP contribution in [0.5, 0.6) is 17.2 Å². The Bertz CT molecular complexity index is 1220. The van der Waals surface area contributed by atoms with Crippen LogP contribution in [0.2, 0.25) is 5.02 Å². The molecule has 0 radical (unpaired) electrons. The fraction of sp³-hybridized carbons (Fsp3) is 0.296. The van der Waals surface area contributed by atoms with Gasteiger partial charge >= 0.3 is 0 Å². The highest BCUT2D eigenvalue weighted by Crippen LogP contribution is 2.33. The van der Waals surface area contributed by atoms with Crippen molar-refractivity contribution in [2.45, 2.75) is 20.0 Å². The van der Waals surface area contributed by atoms with Crippen LogP contribution < -0.4 is 14.8 Å². The van der Waals surface area contributed by atoms with Gasteiger partial charge in [-0.25, -0.2) is 4.99 Å². The average molecular weight is 493 g/mol. The number of fused-ring (bicyclic) bond motifs is 1. The number of hydrogen-bond acceptors (Lipinski definition) is 5. The number of nitrogens with zero attached hydrogens (tertiary/aromatic N) is 3. The molecule has 0 aliphatic carbocycles. The summed E-state index contributed by atoms with van der Waals surface area (Å²) in [5.74, 6) is 2.69. The molecule has 8 heteroatoms. The van der Waals surface area contributed by atoms with Gasteiger partial charge in [-0.1, -0.05) is 35.9 Å². The number of piperazine rings is 1. The Hall–Kier alpha value is -3.42. The molecule has 1 fully saturated rings. The normalized spacial score (nSPS) is 15.9. The average Bonchev–Trinajstić information content (AvgIpc) is 3.32. The second-order valence-corrected chi connectivity index (χ2v) is 9.21. The maximum atomic E-state index is 9.80. The lowest BCUT2D eigenvalue weighted by Crippen LogP contribution is -2.50. The number of anilines is 1. The third-order valence-corrected chi connectivity index (χ3v) is 6.70. The molecule has 0 amide bonds. The van der Waals surface area contributed by atoms with E-state index < -0.39 is 0 Å². The van der Waals surface area contributed by atoms with Gasteiger partial charge in [-0.05, 0) is 60.0 Å². The van der Waals surface area contributed by atoms with Crippen molar-refractivity contribution < 1.29 is 14.6 Å². The molecule has 2 aliphatic rings. The van der Waals surface area contributed by atoms with Crippen molar-refractivity contribution >= 4 is 23.2 Å². The first kappa shape index (κ1) is 23.3. The quantitative estimate of drug-likeness (QED) is 0.301. The Morgan fingerprint density at radius 2 is 1.80 bits per heavy atom. The Morgan fingerprint density at radius 3 is 2.60 bits per heavy atom. The zero-order valence-corrected chi connectivity index (χ0v) is 20.5. The van der Waals surface area contributed by atoms with Gasteiger partial charge in [0.2, 0.25) is 6.79 Å². The first-order valence-electron chi connectivity index (χ1n) is 11.8. The number of aliphatic imine (C=N–C) groups is 1. The summed E-state index contributed by atoms with van der Waals surface area (Å²) in [5.41, 5.74) is 4.07. The smallest absolute Gasteiger partial charge is 0.231 e.